The van der Waals surface area contributed by atoms with Gasteiger partial charge in [0.2, 0.25) is 5.65 Å². The molecule has 0 bridgehead atoms. The Labute approximate surface area is 184 Å². The molecule has 4 aromatic rings. The van der Waals surface area contributed by atoms with Gasteiger partial charge in [-0.25, -0.2) is 9.78 Å². The van der Waals surface area contributed by atoms with Gasteiger partial charge in [-0.1, -0.05) is 30.3 Å². The molecule has 9 heteroatoms. The van der Waals surface area contributed by atoms with Crippen LogP contribution in [0.3, 0.4) is 0 Å². The van der Waals surface area contributed by atoms with Gasteiger partial charge in [0.05, 0.1) is 18.2 Å². The average molecular weight is 433 g/mol. The third-order valence-corrected chi connectivity index (χ3v) is 5.83. The monoisotopic (exact) mass is 432 g/mol. The van der Waals surface area contributed by atoms with Crippen LogP contribution >= 0.6 is 0 Å². The highest BCUT2D eigenvalue weighted by atomic mass is 16.3. The first-order chi connectivity index (χ1) is 15.4. The topological polar surface area (TPSA) is 125 Å². The SMILES string of the molecule is Cc1cc(-c2c(-c3ccccc3)[nH+]c(N)n3c(=O)n(C[C@@H]4C[C@H](O)CN4)nc23)cc(C)n1. The maximum atomic E-state index is 13.2. The lowest BCUT2D eigenvalue weighted by molar-refractivity contribution is -0.351. The third kappa shape index (κ3) is 3.55. The summed E-state index contributed by atoms with van der Waals surface area (Å²) in [6, 6.07) is 13.8. The standard InChI is InChI=1S/C23H25N7O2/c1-13-8-16(9-14(2)26-13)19-20(15-6-4-3-5-7-15)27-22(24)30-21(19)28-29(23(30)32)12-17-10-18(31)11-25-17/h3-9,17-18,25,31H,10-12H2,1-2H3,(H2,24,27)/p+1/t17-,18-/m0/s1. The van der Waals surface area contributed by atoms with Crippen LogP contribution < -0.4 is 21.7 Å². The van der Waals surface area contributed by atoms with E-state index in [9.17, 15) is 9.90 Å². The summed E-state index contributed by atoms with van der Waals surface area (Å²) in [6.45, 7) is 4.75. The summed E-state index contributed by atoms with van der Waals surface area (Å²) in [7, 11) is 0. The molecule has 1 fully saturated rings. The number of β-amino-alcohol motifs (C(OH)–C–C–N with tert-alkyl or cyclic N) is 1. The number of anilines is 1. The highest BCUT2D eigenvalue weighted by Crippen LogP contribution is 2.32. The number of nitrogens with zero attached hydrogens (tertiary/aromatic N) is 4. The van der Waals surface area contributed by atoms with Crippen molar-refractivity contribution in [1.82, 2.24) is 24.5 Å². The number of nitrogen functional groups attached to an aromatic ring is 1. The van der Waals surface area contributed by atoms with Crippen molar-refractivity contribution in [1.29, 1.82) is 0 Å². The molecule has 0 saturated carbocycles. The van der Waals surface area contributed by atoms with E-state index in [1.54, 1.807) is 0 Å². The number of H-pyrrole nitrogens is 1. The highest BCUT2D eigenvalue weighted by Gasteiger charge is 2.28. The Morgan fingerprint density at radius 1 is 1.19 bits per heavy atom. The molecule has 0 spiro atoms. The fourth-order valence-corrected chi connectivity index (χ4v) is 4.48. The molecular weight excluding hydrogens is 406 g/mol. The molecule has 0 radical (unpaired) electrons. The number of hydrogen-bond acceptors (Lipinski definition) is 6. The zero-order valence-electron chi connectivity index (χ0n) is 18.0. The van der Waals surface area contributed by atoms with Gasteiger partial charge in [0.25, 0.3) is 0 Å². The molecule has 1 aliphatic rings. The fourth-order valence-electron chi connectivity index (χ4n) is 4.48. The van der Waals surface area contributed by atoms with E-state index in [1.165, 1.54) is 9.08 Å². The van der Waals surface area contributed by atoms with Crippen LogP contribution in [-0.4, -0.2) is 43.0 Å². The number of nitrogens with two attached hydrogens (primary N) is 1. The van der Waals surface area contributed by atoms with E-state index in [2.05, 4.69) is 15.3 Å². The van der Waals surface area contributed by atoms with Gasteiger partial charge in [-0.05, 0) is 38.0 Å². The first kappa shape index (κ1) is 20.3. The first-order valence-corrected chi connectivity index (χ1v) is 10.7. The highest BCUT2D eigenvalue weighted by molar-refractivity contribution is 5.88. The van der Waals surface area contributed by atoms with Gasteiger partial charge >= 0.3 is 11.6 Å². The van der Waals surface area contributed by atoms with E-state index in [0.717, 1.165) is 33.8 Å². The Hall–Kier alpha value is -3.56. The Balaban J connectivity index is 1.78. The van der Waals surface area contributed by atoms with Crippen LogP contribution in [0.1, 0.15) is 17.8 Å². The lowest BCUT2D eigenvalue weighted by atomic mass is 9.99. The Morgan fingerprint density at radius 3 is 2.56 bits per heavy atom. The van der Waals surface area contributed by atoms with Gasteiger partial charge in [0, 0.05) is 29.5 Å². The first-order valence-electron chi connectivity index (χ1n) is 10.7. The number of rotatable bonds is 4. The summed E-state index contributed by atoms with van der Waals surface area (Å²) in [4.78, 5) is 21.0. The van der Waals surface area contributed by atoms with E-state index in [1.807, 2.05) is 56.3 Å². The molecule has 0 aliphatic carbocycles. The predicted molar refractivity (Wildman–Crippen MR) is 121 cm³/mol. The van der Waals surface area contributed by atoms with Crippen molar-refractivity contribution in [2.45, 2.75) is 39.0 Å². The molecule has 1 aromatic carbocycles. The number of nitrogens with one attached hydrogen (secondary N) is 2. The summed E-state index contributed by atoms with van der Waals surface area (Å²) in [5.74, 6) is 0.209. The molecule has 3 aromatic heterocycles. The Morgan fingerprint density at radius 2 is 1.91 bits per heavy atom. The van der Waals surface area contributed by atoms with E-state index < -0.39 is 6.10 Å². The number of aliphatic hydroxyl groups excluding tert-OH is 1. The van der Waals surface area contributed by atoms with Crippen molar-refractivity contribution in [2.75, 3.05) is 12.3 Å². The Bertz CT molecular complexity index is 1340. The molecule has 0 amide bonds. The predicted octanol–water partition coefficient (Wildman–Crippen LogP) is 0.961. The van der Waals surface area contributed by atoms with Crippen molar-refractivity contribution in [2.24, 2.45) is 0 Å². The number of pyridine rings is 1. The molecule has 4 heterocycles. The van der Waals surface area contributed by atoms with Crippen molar-refractivity contribution < 1.29 is 10.1 Å². The van der Waals surface area contributed by atoms with Gasteiger partial charge < -0.3 is 10.4 Å². The summed E-state index contributed by atoms with van der Waals surface area (Å²) >= 11 is 0. The van der Waals surface area contributed by atoms with Crippen LogP contribution in [0.4, 0.5) is 5.95 Å². The molecule has 5 rings (SSSR count). The van der Waals surface area contributed by atoms with E-state index in [-0.39, 0.29) is 17.7 Å². The second kappa shape index (κ2) is 7.85. The van der Waals surface area contributed by atoms with Crippen molar-refractivity contribution in [3.63, 3.8) is 0 Å². The fraction of sp³-hybridized carbons (Fsp3) is 0.304. The molecule has 1 saturated heterocycles. The molecule has 164 valence electrons. The summed E-state index contributed by atoms with van der Waals surface area (Å²) in [5, 5.41) is 17.8. The number of benzene rings is 1. The van der Waals surface area contributed by atoms with Crippen LogP contribution in [0.25, 0.3) is 28.0 Å². The maximum Gasteiger partial charge on any atom is 0.411 e. The number of fused-ring (bicyclic) bond motifs is 1. The van der Waals surface area contributed by atoms with Gasteiger partial charge in [0.1, 0.15) is 5.69 Å². The van der Waals surface area contributed by atoms with Crippen LogP contribution in [-0.2, 0) is 6.54 Å². The molecule has 2 atom stereocenters. The van der Waals surface area contributed by atoms with Crippen LogP contribution in [0.2, 0.25) is 0 Å². The van der Waals surface area contributed by atoms with E-state index in [4.69, 9.17) is 10.8 Å². The van der Waals surface area contributed by atoms with Crippen LogP contribution in [0.15, 0.2) is 47.3 Å². The van der Waals surface area contributed by atoms with Gasteiger partial charge in [0.15, 0.2) is 0 Å². The molecule has 9 nitrogen and oxygen atoms in total. The summed E-state index contributed by atoms with van der Waals surface area (Å²) in [5.41, 5.74) is 11.7. The van der Waals surface area contributed by atoms with E-state index in [0.29, 0.717) is 25.2 Å². The summed E-state index contributed by atoms with van der Waals surface area (Å²) < 4.78 is 2.84. The average Bonchev–Trinajstić information content (AvgIpc) is 3.31. The van der Waals surface area contributed by atoms with Crippen molar-refractivity contribution >= 4 is 11.6 Å². The number of aromatic amines is 1. The molecule has 5 N–H and O–H groups in total. The Kier molecular flexibility index (Phi) is 4.99. The lowest BCUT2D eigenvalue weighted by Gasteiger charge is -2.10. The van der Waals surface area contributed by atoms with Crippen molar-refractivity contribution in [3.05, 3.63) is 64.3 Å². The van der Waals surface area contributed by atoms with Crippen LogP contribution in [0.5, 0.6) is 0 Å². The van der Waals surface area contributed by atoms with Crippen LogP contribution in [0, 0.1) is 13.8 Å². The zero-order chi connectivity index (χ0) is 22.4. The molecular formula is C23H26N7O2+. The second-order valence-corrected chi connectivity index (χ2v) is 8.38. The van der Waals surface area contributed by atoms with Gasteiger partial charge in [-0.3, -0.25) is 10.7 Å². The number of hydrogen-bond donors (Lipinski definition) is 3. The normalized spacial score (nSPS) is 18.5. The number of aryl methyl sites for hydroxylation is 2. The minimum absolute atomic E-state index is 0.0275. The smallest absolute Gasteiger partial charge is 0.392 e. The molecule has 32 heavy (non-hydrogen) atoms. The summed E-state index contributed by atoms with van der Waals surface area (Å²) in [6.07, 6.45) is 0.168. The molecule has 1 aliphatic heterocycles. The van der Waals surface area contributed by atoms with Gasteiger partial charge in [-0.15, -0.1) is 9.50 Å². The number of aromatic nitrogens is 5. The van der Waals surface area contributed by atoms with E-state index >= 15 is 0 Å². The lowest BCUT2D eigenvalue weighted by Crippen LogP contribution is -2.33. The quantitative estimate of drug-likeness (QED) is 0.441. The zero-order valence-corrected chi connectivity index (χ0v) is 18.0. The van der Waals surface area contributed by atoms with Crippen molar-refractivity contribution in [3.8, 4) is 22.4 Å². The largest absolute Gasteiger partial charge is 0.411 e. The number of aliphatic hydroxyl groups is 1. The van der Waals surface area contributed by atoms with Gasteiger partial charge in [-0.2, -0.15) is 4.68 Å². The second-order valence-electron chi connectivity index (χ2n) is 8.38. The maximum absolute atomic E-state index is 13.2. The third-order valence-electron chi connectivity index (χ3n) is 5.83. The molecule has 0 unspecified atom stereocenters. The minimum atomic E-state index is -0.408. The minimum Gasteiger partial charge on any atom is -0.392 e.